The van der Waals surface area contributed by atoms with Crippen molar-refractivity contribution in [1.29, 1.82) is 0 Å². The standard InChI is InChI=1S/C33H32N2O5/c1-20-6-5-7-21(2)34(20)29-18-31(37)35(32(29)38)26-13-10-22(11-14-26)33(39)40-19-30(36)24-12-15-28-25(17-24)16-23-8-3-4-9-27(23)28/h3-4,8-15,17,20-21,29H,5-7,16,18-19H2,1-2H3/t20-,21+,29?. The molecule has 0 bridgehead atoms. The molecular weight excluding hydrogens is 504 g/mol. The maximum absolute atomic E-state index is 13.3. The number of amides is 2. The molecule has 0 N–H and O–H groups in total. The second kappa shape index (κ2) is 10.5. The second-order valence-electron chi connectivity index (χ2n) is 11.1. The Balaban J connectivity index is 1.08. The van der Waals surface area contributed by atoms with Gasteiger partial charge in [0.05, 0.1) is 23.7 Å². The molecule has 40 heavy (non-hydrogen) atoms. The van der Waals surface area contributed by atoms with E-state index in [0.29, 0.717) is 11.3 Å². The molecule has 3 aromatic rings. The molecule has 2 heterocycles. The highest BCUT2D eigenvalue weighted by Gasteiger charge is 2.46. The van der Waals surface area contributed by atoms with Crippen LogP contribution in [0.1, 0.15) is 71.4 Å². The van der Waals surface area contributed by atoms with Gasteiger partial charge in [0.1, 0.15) is 0 Å². The number of likely N-dealkylation sites (tertiary alicyclic amines) is 1. The van der Waals surface area contributed by atoms with Crippen LogP contribution in [0.4, 0.5) is 5.69 Å². The Labute approximate surface area is 233 Å². The van der Waals surface area contributed by atoms with E-state index in [1.54, 1.807) is 18.2 Å². The molecule has 3 atom stereocenters. The second-order valence-corrected chi connectivity index (χ2v) is 11.1. The highest BCUT2D eigenvalue weighted by molar-refractivity contribution is 6.22. The van der Waals surface area contributed by atoms with Crippen molar-refractivity contribution in [3.05, 3.63) is 89.0 Å². The van der Waals surface area contributed by atoms with E-state index >= 15 is 0 Å². The molecule has 1 unspecified atom stereocenters. The number of rotatable bonds is 6. The van der Waals surface area contributed by atoms with E-state index in [0.717, 1.165) is 36.8 Å². The van der Waals surface area contributed by atoms with Gasteiger partial charge in [-0.2, -0.15) is 0 Å². The van der Waals surface area contributed by atoms with Gasteiger partial charge in [0.2, 0.25) is 5.91 Å². The number of hydrogen-bond donors (Lipinski definition) is 0. The maximum atomic E-state index is 13.3. The fourth-order valence-corrected chi connectivity index (χ4v) is 6.54. The number of Topliss-reactive ketones (excluding diaryl/α,β-unsaturated/α-hetero) is 1. The predicted molar refractivity (Wildman–Crippen MR) is 151 cm³/mol. The highest BCUT2D eigenvalue weighted by Crippen LogP contribution is 2.37. The van der Waals surface area contributed by atoms with Crippen molar-refractivity contribution in [3.63, 3.8) is 0 Å². The molecule has 0 spiro atoms. The average Bonchev–Trinajstić information content (AvgIpc) is 3.47. The van der Waals surface area contributed by atoms with Crippen LogP contribution in [-0.4, -0.2) is 53.2 Å². The largest absolute Gasteiger partial charge is 0.454 e. The summed E-state index contributed by atoms with van der Waals surface area (Å²) in [6, 6.07) is 20.0. The Bertz CT molecular complexity index is 1500. The summed E-state index contributed by atoms with van der Waals surface area (Å²) in [4.78, 5) is 55.1. The number of imide groups is 1. The highest BCUT2D eigenvalue weighted by atomic mass is 16.5. The van der Waals surface area contributed by atoms with Crippen LogP contribution in [0.3, 0.4) is 0 Å². The quantitative estimate of drug-likeness (QED) is 0.192. The summed E-state index contributed by atoms with van der Waals surface area (Å²) in [5, 5.41) is 0. The molecule has 2 saturated heterocycles. The van der Waals surface area contributed by atoms with Crippen molar-refractivity contribution < 1.29 is 23.9 Å². The summed E-state index contributed by atoms with van der Waals surface area (Å²) in [6.45, 7) is 3.86. The number of anilines is 1. The zero-order chi connectivity index (χ0) is 28.0. The summed E-state index contributed by atoms with van der Waals surface area (Å²) in [5.74, 6) is -1.37. The number of esters is 1. The van der Waals surface area contributed by atoms with Crippen LogP contribution < -0.4 is 4.90 Å². The van der Waals surface area contributed by atoms with Crippen molar-refractivity contribution in [1.82, 2.24) is 4.90 Å². The molecule has 3 aliphatic rings. The van der Waals surface area contributed by atoms with Crippen LogP contribution in [-0.2, 0) is 20.7 Å². The van der Waals surface area contributed by atoms with Crippen LogP contribution in [0.5, 0.6) is 0 Å². The van der Waals surface area contributed by atoms with Crippen molar-refractivity contribution >= 4 is 29.3 Å². The first-order chi connectivity index (χ1) is 19.3. The molecule has 1 aliphatic carbocycles. The number of ether oxygens (including phenoxy) is 1. The van der Waals surface area contributed by atoms with Gasteiger partial charge in [-0.05, 0) is 85.7 Å². The zero-order valence-corrected chi connectivity index (χ0v) is 22.8. The summed E-state index contributed by atoms with van der Waals surface area (Å²) in [5.41, 5.74) is 5.83. The SMILES string of the molecule is C[C@@H]1CCC[C@H](C)N1C1CC(=O)N(c2ccc(C(=O)OCC(=O)c3ccc4c(c3)Cc3ccccc3-4)cc2)C1=O. The molecule has 0 saturated carbocycles. The van der Waals surface area contributed by atoms with Crippen LogP contribution >= 0.6 is 0 Å². The molecule has 2 fully saturated rings. The summed E-state index contributed by atoms with van der Waals surface area (Å²) in [7, 11) is 0. The first-order valence-corrected chi connectivity index (χ1v) is 14.0. The smallest absolute Gasteiger partial charge is 0.338 e. The van der Waals surface area contributed by atoms with Crippen molar-refractivity contribution in [2.24, 2.45) is 0 Å². The lowest BCUT2D eigenvalue weighted by Crippen LogP contribution is -2.52. The number of benzene rings is 3. The number of carbonyl (C=O) groups excluding carboxylic acids is 4. The van der Waals surface area contributed by atoms with Crippen LogP contribution in [0.15, 0.2) is 66.7 Å². The van der Waals surface area contributed by atoms with Gasteiger partial charge in [0.15, 0.2) is 12.4 Å². The van der Waals surface area contributed by atoms with Gasteiger partial charge in [0, 0.05) is 17.6 Å². The average molecular weight is 537 g/mol. The zero-order valence-electron chi connectivity index (χ0n) is 22.8. The molecule has 204 valence electrons. The van der Waals surface area contributed by atoms with E-state index in [-0.39, 0.29) is 48.3 Å². The number of carbonyl (C=O) groups is 4. The van der Waals surface area contributed by atoms with Gasteiger partial charge in [-0.25, -0.2) is 9.69 Å². The predicted octanol–water partition coefficient (Wildman–Crippen LogP) is 5.19. The van der Waals surface area contributed by atoms with Gasteiger partial charge in [0.25, 0.3) is 5.91 Å². The first-order valence-electron chi connectivity index (χ1n) is 14.0. The van der Waals surface area contributed by atoms with E-state index in [4.69, 9.17) is 4.74 Å². The summed E-state index contributed by atoms with van der Waals surface area (Å²) in [6.07, 6.45) is 4.10. The third kappa shape index (κ3) is 4.64. The van der Waals surface area contributed by atoms with E-state index < -0.39 is 12.0 Å². The van der Waals surface area contributed by atoms with Crippen molar-refractivity contribution in [3.8, 4) is 11.1 Å². The monoisotopic (exact) mass is 536 g/mol. The summed E-state index contributed by atoms with van der Waals surface area (Å²) < 4.78 is 5.31. The molecular formula is C33H32N2O5. The minimum Gasteiger partial charge on any atom is -0.454 e. The fourth-order valence-electron chi connectivity index (χ4n) is 6.54. The first kappa shape index (κ1) is 26.1. The number of piperidine rings is 1. The molecule has 7 nitrogen and oxygen atoms in total. The normalized spacial score (nSPS) is 22.2. The molecule has 6 rings (SSSR count). The van der Waals surface area contributed by atoms with Gasteiger partial charge < -0.3 is 4.74 Å². The topological polar surface area (TPSA) is 84.0 Å². The van der Waals surface area contributed by atoms with Crippen LogP contribution in [0.2, 0.25) is 0 Å². The lowest BCUT2D eigenvalue weighted by atomic mass is 9.94. The lowest BCUT2D eigenvalue weighted by molar-refractivity contribution is -0.124. The maximum Gasteiger partial charge on any atom is 0.338 e. The van der Waals surface area contributed by atoms with Crippen LogP contribution in [0.25, 0.3) is 11.1 Å². The van der Waals surface area contributed by atoms with Gasteiger partial charge in [-0.3, -0.25) is 19.3 Å². The number of nitrogens with zero attached hydrogens (tertiary/aromatic N) is 2. The third-order valence-corrected chi connectivity index (χ3v) is 8.56. The Morgan fingerprint density at radius 1 is 0.850 bits per heavy atom. The van der Waals surface area contributed by atoms with E-state index in [9.17, 15) is 19.2 Å². The number of fused-ring (bicyclic) bond motifs is 3. The Morgan fingerprint density at radius 3 is 2.27 bits per heavy atom. The van der Waals surface area contributed by atoms with E-state index in [1.165, 1.54) is 28.2 Å². The molecule has 0 radical (unpaired) electrons. The van der Waals surface area contributed by atoms with Crippen LogP contribution in [0, 0.1) is 0 Å². The van der Waals surface area contributed by atoms with Gasteiger partial charge >= 0.3 is 5.97 Å². The fraction of sp³-hybridized carbons (Fsp3) is 0.333. The van der Waals surface area contributed by atoms with E-state index in [1.807, 2.05) is 24.3 Å². The molecule has 3 aromatic carbocycles. The minimum atomic E-state index is -0.638. The third-order valence-electron chi connectivity index (χ3n) is 8.56. The number of hydrogen-bond acceptors (Lipinski definition) is 6. The molecule has 2 aliphatic heterocycles. The minimum absolute atomic E-state index is 0.161. The Morgan fingerprint density at radius 2 is 1.52 bits per heavy atom. The van der Waals surface area contributed by atoms with Gasteiger partial charge in [-0.1, -0.05) is 42.8 Å². The van der Waals surface area contributed by atoms with E-state index in [2.05, 4.69) is 30.9 Å². The molecule has 0 aromatic heterocycles. The van der Waals surface area contributed by atoms with Crippen molar-refractivity contribution in [2.45, 2.75) is 64.1 Å². The molecule has 7 heteroatoms. The number of ketones is 1. The Hall–Kier alpha value is -4.10. The lowest BCUT2D eigenvalue weighted by Gasteiger charge is -2.41. The summed E-state index contributed by atoms with van der Waals surface area (Å²) >= 11 is 0. The molecule has 2 amide bonds. The van der Waals surface area contributed by atoms with Gasteiger partial charge in [-0.15, -0.1) is 0 Å². The Kier molecular flexibility index (Phi) is 6.84. The van der Waals surface area contributed by atoms with Crippen molar-refractivity contribution in [2.75, 3.05) is 11.5 Å².